The molecule has 3 atom stereocenters. The van der Waals surface area contributed by atoms with Crippen molar-refractivity contribution >= 4 is 29.9 Å². The van der Waals surface area contributed by atoms with Crippen molar-refractivity contribution in [1.82, 2.24) is 15.5 Å². The van der Waals surface area contributed by atoms with Crippen LogP contribution in [0.2, 0.25) is 0 Å². The molecule has 0 bridgehead atoms. The number of hydrogen-bond acceptors (Lipinski definition) is 2. The SMILES string of the molecule is CCC(C)NC(=NC)NCCCN1CC(C)CC(C)C1.I. The molecule has 21 heavy (non-hydrogen) atoms. The average molecular weight is 410 g/mol. The van der Waals surface area contributed by atoms with Gasteiger partial charge in [0.25, 0.3) is 0 Å². The van der Waals surface area contributed by atoms with E-state index in [-0.39, 0.29) is 24.0 Å². The summed E-state index contributed by atoms with van der Waals surface area (Å²) in [7, 11) is 1.84. The Hall–Kier alpha value is -0.0400. The molecule has 0 aromatic heterocycles. The summed E-state index contributed by atoms with van der Waals surface area (Å²) in [6.45, 7) is 13.8. The zero-order valence-electron chi connectivity index (χ0n) is 14.5. The monoisotopic (exact) mass is 410 g/mol. The molecule has 0 aliphatic carbocycles. The first-order valence-corrected chi connectivity index (χ1v) is 8.24. The minimum atomic E-state index is 0. The minimum Gasteiger partial charge on any atom is -0.356 e. The van der Waals surface area contributed by atoms with Crippen LogP contribution in [0.4, 0.5) is 0 Å². The molecule has 0 radical (unpaired) electrons. The Bertz CT molecular complexity index is 286. The van der Waals surface area contributed by atoms with Gasteiger partial charge in [-0.15, -0.1) is 24.0 Å². The lowest BCUT2D eigenvalue weighted by Crippen LogP contribution is -2.43. The molecule has 0 saturated carbocycles. The van der Waals surface area contributed by atoms with E-state index in [1.54, 1.807) is 0 Å². The molecule has 0 aromatic carbocycles. The maximum Gasteiger partial charge on any atom is 0.191 e. The predicted molar refractivity (Wildman–Crippen MR) is 104 cm³/mol. The Kier molecular flexibility index (Phi) is 11.5. The lowest BCUT2D eigenvalue weighted by atomic mass is 9.92. The molecule has 3 unspecified atom stereocenters. The van der Waals surface area contributed by atoms with E-state index in [0.717, 1.165) is 30.8 Å². The van der Waals surface area contributed by atoms with Gasteiger partial charge < -0.3 is 15.5 Å². The van der Waals surface area contributed by atoms with E-state index in [4.69, 9.17) is 0 Å². The van der Waals surface area contributed by atoms with Gasteiger partial charge in [0.2, 0.25) is 0 Å². The van der Waals surface area contributed by atoms with Crippen LogP contribution in [-0.2, 0) is 0 Å². The molecule has 1 aliphatic heterocycles. The smallest absolute Gasteiger partial charge is 0.191 e. The molecular formula is C16H35IN4. The first-order valence-electron chi connectivity index (χ1n) is 8.24. The largest absolute Gasteiger partial charge is 0.356 e. The fourth-order valence-electron chi connectivity index (χ4n) is 3.01. The van der Waals surface area contributed by atoms with Crippen LogP contribution in [0.15, 0.2) is 4.99 Å². The lowest BCUT2D eigenvalue weighted by molar-refractivity contribution is 0.140. The van der Waals surface area contributed by atoms with Crippen LogP contribution in [0.3, 0.4) is 0 Å². The Labute approximate surface area is 148 Å². The van der Waals surface area contributed by atoms with E-state index < -0.39 is 0 Å². The van der Waals surface area contributed by atoms with E-state index in [1.165, 1.54) is 32.5 Å². The minimum absolute atomic E-state index is 0. The van der Waals surface area contributed by atoms with Gasteiger partial charge in [-0.25, -0.2) is 0 Å². The number of likely N-dealkylation sites (tertiary alicyclic amines) is 1. The standard InChI is InChI=1S/C16H34N4.HI/c1-6-15(4)19-16(17-5)18-8-7-9-20-11-13(2)10-14(3)12-20;/h13-15H,6-12H2,1-5H3,(H2,17,18,19);1H. The number of halogens is 1. The summed E-state index contributed by atoms with van der Waals surface area (Å²) in [4.78, 5) is 6.88. The molecule has 0 spiro atoms. The molecule has 1 fully saturated rings. The highest BCUT2D eigenvalue weighted by molar-refractivity contribution is 14.0. The molecule has 1 rings (SSSR count). The normalized spacial score (nSPS) is 25.1. The van der Waals surface area contributed by atoms with E-state index in [1.807, 2.05) is 7.05 Å². The van der Waals surface area contributed by atoms with Crippen molar-refractivity contribution in [2.24, 2.45) is 16.8 Å². The summed E-state index contributed by atoms with van der Waals surface area (Å²) in [5, 5.41) is 6.80. The van der Waals surface area contributed by atoms with Crippen LogP contribution in [0.5, 0.6) is 0 Å². The second kappa shape index (κ2) is 11.5. The van der Waals surface area contributed by atoms with Crippen molar-refractivity contribution in [3.63, 3.8) is 0 Å². The third-order valence-electron chi connectivity index (χ3n) is 4.11. The predicted octanol–water partition coefficient (Wildman–Crippen LogP) is 2.94. The number of nitrogens with zero attached hydrogens (tertiary/aromatic N) is 2. The van der Waals surface area contributed by atoms with Gasteiger partial charge >= 0.3 is 0 Å². The maximum atomic E-state index is 4.27. The number of hydrogen-bond donors (Lipinski definition) is 2. The van der Waals surface area contributed by atoms with Crippen LogP contribution < -0.4 is 10.6 Å². The summed E-state index contributed by atoms with van der Waals surface area (Å²) < 4.78 is 0. The summed E-state index contributed by atoms with van der Waals surface area (Å²) in [5.74, 6) is 2.64. The van der Waals surface area contributed by atoms with Crippen LogP contribution in [0, 0.1) is 11.8 Å². The van der Waals surface area contributed by atoms with Gasteiger partial charge in [-0.3, -0.25) is 4.99 Å². The topological polar surface area (TPSA) is 39.7 Å². The van der Waals surface area contributed by atoms with Crippen molar-refractivity contribution in [3.05, 3.63) is 0 Å². The van der Waals surface area contributed by atoms with E-state index in [0.29, 0.717) is 6.04 Å². The molecule has 0 amide bonds. The van der Waals surface area contributed by atoms with Gasteiger partial charge in [0, 0.05) is 32.7 Å². The Morgan fingerprint density at radius 2 is 1.90 bits per heavy atom. The first-order chi connectivity index (χ1) is 9.55. The number of aliphatic imine (C=N–C) groups is 1. The van der Waals surface area contributed by atoms with Gasteiger partial charge in [0.1, 0.15) is 0 Å². The van der Waals surface area contributed by atoms with E-state index >= 15 is 0 Å². The first kappa shape index (κ1) is 21.0. The van der Waals surface area contributed by atoms with Crippen molar-refractivity contribution < 1.29 is 0 Å². The summed E-state index contributed by atoms with van der Waals surface area (Å²) in [6.07, 6.45) is 3.69. The zero-order valence-corrected chi connectivity index (χ0v) is 16.8. The Morgan fingerprint density at radius 3 is 2.43 bits per heavy atom. The highest BCUT2D eigenvalue weighted by Gasteiger charge is 2.20. The van der Waals surface area contributed by atoms with Gasteiger partial charge in [0.15, 0.2) is 5.96 Å². The van der Waals surface area contributed by atoms with Gasteiger partial charge in [-0.05, 0) is 44.6 Å². The van der Waals surface area contributed by atoms with Crippen molar-refractivity contribution in [3.8, 4) is 0 Å². The molecule has 126 valence electrons. The van der Waals surface area contributed by atoms with E-state index in [2.05, 4.69) is 48.2 Å². The highest BCUT2D eigenvalue weighted by Crippen LogP contribution is 2.20. The molecule has 4 nitrogen and oxygen atoms in total. The quantitative estimate of drug-likeness (QED) is 0.306. The van der Waals surface area contributed by atoms with Gasteiger partial charge in [-0.1, -0.05) is 20.8 Å². The highest BCUT2D eigenvalue weighted by atomic mass is 127. The van der Waals surface area contributed by atoms with Crippen molar-refractivity contribution in [2.75, 3.05) is 33.2 Å². The van der Waals surface area contributed by atoms with Crippen molar-refractivity contribution in [1.29, 1.82) is 0 Å². The second-order valence-electron chi connectivity index (χ2n) is 6.51. The third-order valence-corrected chi connectivity index (χ3v) is 4.11. The fraction of sp³-hybridized carbons (Fsp3) is 0.938. The zero-order chi connectivity index (χ0) is 15.0. The number of nitrogens with one attached hydrogen (secondary N) is 2. The molecule has 1 heterocycles. The lowest BCUT2D eigenvalue weighted by Gasteiger charge is -2.35. The number of rotatable bonds is 6. The third kappa shape index (κ3) is 8.86. The second-order valence-corrected chi connectivity index (χ2v) is 6.51. The van der Waals surface area contributed by atoms with Crippen LogP contribution >= 0.6 is 24.0 Å². The Balaban J connectivity index is 0.00000400. The average Bonchev–Trinajstić information content (AvgIpc) is 2.40. The summed E-state index contributed by atoms with van der Waals surface area (Å²) in [6, 6.07) is 0.477. The van der Waals surface area contributed by atoms with Crippen LogP contribution in [0.25, 0.3) is 0 Å². The summed E-state index contributed by atoms with van der Waals surface area (Å²) in [5.41, 5.74) is 0. The van der Waals surface area contributed by atoms with Crippen LogP contribution in [-0.4, -0.2) is 50.1 Å². The van der Waals surface area contributed by atoms with Gasteiger partial charge in [0.05, 0.1) is 0 Å². The molecule has 0 aromatic rings. The summed E-state index contributed by atoms with van der Waals surface area (Å²) >= 11 is 0. The molecule has 2 N–H and O–H groups in total. The molecule has 5 heteroatoms. The Morgan fingerprint density at radius 1 is 1.29 bits per heavy atom. The maximum absolute atomic E-state index is 4.27. The van der Waals surface area contributed by atoms with E-state index in [9.17, 15) is 0 Å². The van der Waals surface area contributed by atoms with Crippen molar-refractivity contribution in [2.45, 2.75) is 53.0 Å². The van der Waals surface area contributed by atoms with Crippen LogP contribution in [0.1, 0.15) is 47.0 Å². The van der Waals surface area contributed by atoms with Gasteiger partial charge in [-0.2, -0.15) is 0 Å². The number of piperidine rings is 1. The molecule has 1 saturated heterocycles. The fourth-order valence-corrected chi connectivity index (χ4v) is 3.01. The molecular weight excluding hydrogens is 375 g/mol. The number of guanidine groups is 1. The molecule has 1 aliphatic rings.